The fourth-order valence-corrected chi connectivity index (χ4v) is 6.53. The predicted molar refractivity (Wildman–Crippen MR) is 131 cm³/mol. The SMILES string of the molecule is CC(C)[C@]1(C(=O)N2CCc3ccc(C(F)(F)F)cc3C2)CC[C@@H](NC2CCc3ccc(C#N)cc32)C1. The highest BCUT2D eigenvalue weighted by molar-refractivity contribution is 5.84. The minimum Gasteiger partial charge on any atom is -0.338 e. The maximum Gasteiger partial charge on any atom is 0.416 e. The molecule has 36 heavy (non-hydrogen) atoms. The number of halogens is 3. The molecule has 0 aromatic heterocycles. The quantitative estimate of drug-likeness (QED) is 0.572. The summed E-state index contributed by atoms with van der Waals surface area (Å²) < 4.78 is 39.8. The third-order valence-corrected chi connectivity index (χ3v) is 8.70. The Morgan fingerprint density at radius 1 is 1.11 bits per heavy atom. The molecule has 1 heterocycles. The van der Waals surface area contributed by atoms with Gasteiger partial charge >= 0.3 is 6.18 Å². The highest BCUT2D eigenvalue weighted by atomic mass is 19.4. The fourth-order valence-electron chi connectivity index (χ4n) is 6.53. The van der Waals surface area contributed by atoms with Crippen LogP contribution in [0.3, 0.4) is 0 Å². The highest BCUT2D eigenvalue weighted by Gasteiger charge is 2.50. The highest BCUT2D eigenvalue weighted by Crippen LogP contribution is 2.47. The molecular formula is C29H32F3N3O. The first kappa shape index (κ1) is 24.8. The van der Waals surface area contributed by atoms with Crippen molar-refractivity contribution in [2.45, 2.75) is 77.2 Å². The summed E-state index contributed by atoms with van der Waals surface area (Å²) in [6, 6.07) is 12.4. The molecule has 2 aromatic rings. The fraction of sp³-hybridized carbons (Fsp3) is 0.517. The van der Waals surface area contributed by atoms with E-state index in [0.717, 1.165) is 43.7 Å². The van der Waals surface area contributed by atoms with Crippen molar-refractivity contribution in [2.24, 2.45) is 11.3 Å². The number of hydrogen-bond donors (Lipinski definition) is 1. The number of rotatable bonds is 4. The van der Waals surface area contributed by atoms with Gasteiger partial charge in [-0.15, -0.1) is 0 Å². The van der Waals surface area contributed by atoms with Crippen LogP contribution in [-0.2, 0) is 30.4 Å². The summed E-state index contributed by atoms with van der Waals surface area (Å²) >= 11 is 0. The Morgan fingerprint density at radius 2 is 1.89 bits per heavy atom. The maximum absolute atomic E-state index is 14.0. The van der Waals surface area contributed by atoms with Crippen molar-refractivity contribution in [2.75, 3.05) is 6.54 Å². The van der Waals surface area contributed by atoms with E-state index in [-0.39, 0.29) is 30.5 Å². The molecule has 3 atom stereocenters. The molecule has 1 aliphatic heterocycles. The van der Waals surface area contributed by atoms with Crippen LogP contribution in [0.5, 0.6) is 0 Å². The molecule has 1 saturated carbocycles. The van der Waals surface area contributed by atoms with Crippen molar-refractivity contribution >= 4 is 5.91 Å². The number of nitrogens with zero attached hydrogens (tertiary/aromatic N) is 2. The van der Waals surface area contributed by atoms with Crippen molar-refractivity contribution in [3.63, 3.8) is 0 Å². The lowest BCUT2D eigenvalue weighted by atomic mass is 9.73. The first-order valence-electron chi connectivity index (χ1n) is 12.9. The summed E-state index contributed by atoms with van der Waals surface area (Å²) in [5, 5.41) is 13.1. The van der Waals surface area contributed by atoms with E-state index in [0.29, 0.717) is 24.1 Å². The molecule has 1 fully saturated rings. The molecule has 1 amide bonds. The first-order chi connectivity index (χ1) is 17.1. The smallest absolute Gasteiger partial charge is 0.338 e. The molecule has 4 nitrogen and oxygen atoms in total. The van der Waals surface area contributed by atoms with E-state index in [1.54, 1.807) is 11.0 Å². The van der Waals surface area contributed by atoms with E-state index in [1.165, 1.54) is 17.2 Å². The van der Waals surface area contributed by atoms with Gasteiger partial charge in [-0.05, 0) is 91.0 Å². The number of carbonyl (C=O) groups excluding carboxylic acids is 1. The summed E-state index contributed by atoms with van der Waals surface area (Å²) in [4.78, 5) is 15.7. The number of aryl methyl sites for hydroxylation is 1. The molecule has 5 rings (SSSR count). The van der Waals surface area contributed by atoms with E-state index < -0.39 is 17.2 Å². The molecular weight excluding hydrogens is 463 g/mol. The van der Waals surface area contributed by atoms with E-state index in [4.69, 9.17) is 0 Å². The van der Waals surface area contributed by atoms with Gasteiger partial charge in [0.1, 0.15) is 0 Å². The average Bonchev–Trinajstić information content (AvgIpc) is 3.47. The zero-order valence-corrected chi connectivity index (χ0v) is 20.8. The molecule has 0 saturated heterocycles. The Bertz CT molecular complexity index is 1220. The standard InChI is InChI=1S/C29H32F3N3O/c1-18(2)28(27(36)35-12-10-20-5-7-23(29(30,31)32)14-22(20)17-35)11-9-24(15-28)34-26-8-6-21-4-3-19(16-33)13-25(21)26/h3-5,7,13-14,18,24,26,34H,6,8-12,15,17H2,1-2H3/t24-,26?,28+/m1/s1. The molecule has 2 aliphatic carbocycles. The molecule has 1 N–H and O–H groups in total. The zero-order chi connectivity index (χ0) is 25.7. The lowest BCUT2D eigenvalue weighted by Gasteiger charge is -2.40. The van der Waals surface area contributed by atoms with Gasteiger partial charge in [0.25, 0.3) is 0 Å². The van der Waals surface area contributed by atoms with Crippen LogP contribution in [0.15, 0.2) is 36.4 Å². The minimum atomic E-state index is -4.39. The van der Waals surface area contributed by atoms with Crippen LogP contribution in [0.1, 0.15) is 79.0 Å². The number of benzene rings is 2. The molecule has 0 spiro atoms. The third-order valence-electron chi connectivity index (χ3n) is 8.70. The monoisotopic (exact) mass is 495 g/mol. The summed E-state index contributed by atoms with van der Waals surface area (Å²) in [6.07, 6.45) is 0.522. The Hall–Kier alpha value is -2.85. The van der Waals surface area contributed by atoms with Gasteiger partial charge in [0.15, 0.2) is 0 Å². The molecule has 3 aliphatic rings. The Labute approximate surface area is 210 Å². The number of nitriles is 1. The lowest BCUT2D eigenvalue weighted by molar-refractivity contribution is -0.145. The largest absolute Gasteiger partial charge is 0.416 e. The van der Waals surface area contributed by atoms with E-state index in [1.807, 2.05) is 18.2 Å². The number of nitrogens with one attached hydrogen (secondary N) is 1. The van der Waals surface area contributed by atoms with Gasteiger partial charge in [0, 0.05) is 25.2 Å². The van der Waals surface area contributed by atoms with Crippen molar-refractivity contribution in [1.82, 2.24) is 10.2 Å². The van der Waals surface area contributed by atoms with Crippen molar-refractivity contribution in [3.05, 3.63) is 69.8 Å². The van der Waals surface area contributed by atoms with Gasteiger partial charge in [-0.25, -0.2) is 0 Å². The molecule has 0 bridgehead atoms. The van der Waals surface area contributed by atoms with Crippen molar-refractivity contribution in [3.8, 4) is 6.07 Å². The van der Waals surface area contributed by atoms with Crippen LogP contribution < -0.4 is 5.32 Å². The van der Waals surface area contributed by atoms with Gasteiger partial charge in [-0.2, -0.15) is 18.4 Å². The average molecular weight is 496 g/mol. The second-order valence-corrected chi connectivity index (χ2v) is 11.0. The number of amides is 1. The lowest BCUT2D eigenvalue weighted by Crippen LogP contribution is -2.48. The van der Waals surface area contributed by atoms with Gasteiger partial charge in [0.2, 0.25) is 5.91 Å². The summed E-state index contributed by atoms with van der Waals surface area (Å²) in [5.74, 6) is 0.198. The number of alkyl halides is 3. The maximum atomic E-state index is 14.0. The van der Waals surface area contributed by atoms with Crippen LogP contribution in [0.4, 0.5) is 13.2 Å². The summed E-state index contributed by atoms with van der Waals surface area (Å²) in [6.45, 7) is 4.95. The van der Waals surface area contributed by atoms with E-state index in [9.17, 15) is 23.2 Å². The predicted octanol–water partition coefficient (Wildman–Crippen LogP) is 5.93. The minimum absolute atomic E-state index is 0.0726. The second-order valence-electron chi connectivity index (χ2n) is 11.0. The number of fused-ring (bicyclic) bond motifs is 2. The van der Waals surface area contributed by atoms with Crippen molar-refractivity contribution in [1.29, 1.82) is 5.26 Å². The Kier molecular flexibility index (Phi) is 6.36. The Morgan fingerprint density at radius 3 is 2.61 bits per heavy atom. The van der Waals surface area contributed by atoms with Crippen LogP contribution in [-0.4, -0.2) is 23.4 Å². The summed E-state index contributed by atoms with van der Waals surface area (Å²) in [7, 11) is 0. The van der Waals surface area contributed by atoms with E-state index in [2.05, 4.69) is 25.2 Å². The van der Waals surface area contributed by atoms with Crippen LogP contribution in [0.2, 0.25) is 0 Å². The van der Waals surface area contributed by atoms with E-state index >= 15 is 0 Å². The second kappa shape index (κ2) is 9.23. The number of carbonyl (C=O) groups is 1. The molecule has 1 unspecified atom stereocenters. The molecule has 190 valence electrons. The first-order valence-corrected chi connectivity index (χ1v) is 12.9. The third kappa shape index (κ3) is 4.41. The van der Waals surface area contributed by atoms with Gasteiger partial charge in [0.05, 0.1) is 22.6 Å². The van der Waals surface area contributed by atoms with Gasteiger partial charge < -0.3 is 10.2 Å². The van der Waals surface area contributed by atoms with Crippen molar-refractivity contribution < 1.29 is 18.0 Å². The summed E-state index contributed by atoms with van der Waals surface area (Å²) in [5.41, 5.74) is 3.46. The Balaban J connectivity index is 1.32. The van der Waals surface area contributed by atoms with Gasteiger partial charge in [-0.1, -0.05) is 26.0 Å². The zero-order valence-electron chi connectivity index (χ0n) is 20.8. The van der Waals surface area contributed by atoms with Crippen LogP contribution in [0.25, 0.3) is 0 Å². The van der Waals surface area contributed by atoms with Gasteiger partial charge in [-0.3, -0.25) is 4.79 Å². The topological polar surface area (TPSA) is 56.1 Å². The molecule has 2 aromatic carbocycles. The molecule has 7 heteroatoms. The van der Waals surface area contributed by atoms with Crippen LogP contribution >= 0.6 is 0 Å². The normalized spacial score (nSPS) is 25.5. The molecule has 0 radical (unpaired) electrons. The van der Waals surface area contributed by atoms with Crippen LogP contribution in [0, 0.1) is 22.7 Å². The number of hydrogen-bond acceptors (Lipinski definition) is 3.